The molecule has 1 atom stereocenters. The van der Waals surface area contributed by atoms with Gasteiger partial charge < -0.3 is 20.4 Å². The van der Waals surface area contributed by atoms with Gasteiger partial charge in [-0.25, -0.2) is 14.8 Å². The predicted molar refractivity (Wildman–Crippen MR) is 146 cm³/mol. The highest BCUT2D eigenvalue weighted by Gasteiger charge is 2.28. The summed E-state index contributed by atoms with van der Waals surface area (Å²) in [5.41, 5.74) is 3.75. The summed E-state index contributed by atoms with van der Waals surface area (Å²) in [6.45, 7) is 7.75. The number of aryl methyl sites for hydroxylation is 2. The smallest absolute Gasteiger partial charge is 0.322 e. The van der Waals surface area contributed by atoms with Crippen molar-refractivity contribution in [3.8, 4) is 0 Å². The van der Waals surface area contributed by atoms with E-state index in [0.717, 1.165) is 22.5 Å². The fourth-order valence-corrected chi connectivity index (χ4v) is 4.84. The Hall–Kier alpha value is -3.30. The van der Waals surface area contributed by atoms with E-state index < -0.39 is 0 Å². The van der Waals surface area contributed by atoms with Gasteiger partial charge in [-0.1, -0.05) is 53.2 Å². The largest absolute Gasteiger partial charge is 0.353 e. The number of hydrogen-bond acceptors (Lipinski definition) is 6. The van der Waals surface area contributed by atoms with Crippen molar-refractivity contribution < 1.29 is 9.59 Å². The molecule has 2 heterocycles. The van der Waals surface area contributed by atoms with Gasteiger partial charge in [0.15, 0.2) is 5.16 Å². The number of hydrogen-bond donors (Lipinski definition) is 2. The van der Waals surface area contributed by atoms with Gasteiger partial charge in [-0.15, -0.1) is 0 Å². The number of carbonyl (C=O) groups excluding carboxylic acids is 2. The van der Waals surface area contributed by atoms with Crippen molar-refractivity contribution in [3.05, 3.63) is 70.9 Å². The maximum absolute atomic E-state index is 12.8. The van der Waals surface area contributed by atoms with Gasteiger partial charge in [-0.05, 0) is 50.6 Å². The first-order valence-corrected chi connectivity index (χ1v) is 13.1. The SMILES string of the molecule is Cc1ccc(NC(=O)CSc2nc(Cl)cc(N3CCN(C(=O)Nc4cccc(C)c4)[C@H](C)C3)n2)cc1. The predicted octanol–water partition coefficient (Wildman–Crippen LogP) is 5.22. The second-order valence-electron chi connectivity index (χ2n) is 8.82. The van der Waals surface area contributed by atoms with E-state index in [4.69, 9.17) is 11.6 Å². The highest BCUT2D eigenvalue weighted by atomic mass is 35.5. The van der Waals surface area contributed by atoms with Gasteiger partial charge in [-0.3, -0.25) is 4.79 Å². The molecule has 0 aliphatic carbocycles. The fraction of sp³-hybridized carbons (Fsp3) is 0.308. The summed E-state index contributed by atoms with van der Waals surface area (Å²) in [6.07, 6.45) is 0. The van der Waals surface area contributed by atoms with E-state index in [2.05, 4.69) is 25.5 Å². The first-order valence-electron chi connectivity index (χ1n) is 11.7. The van der Waals surface area contributed by atoms with Gasteiger partial charge in [0.25, 0.3) is 0 Å². The quantitative estimate of drug-likeness (QED) is 0.261. The van der Waals surface area contributed by atoms with Crippen LogP contribution in [-0.2, 0) is 4.79 Å². The van der Waals surface area contributed by atoms with Crippen LogP contribution >= 0.6 is 23.4 Å². The Labute approximate surface area is 220 Å². The average molecular weight is 525 g/mol. The Morgan fingerprint density at radius 1 is 1.00 bits per heavy atom. The second-order valence-corrected chi connectivity index (χ2v) is 10.2. The molecule has 4 rings (SSSR count). The van der Waals surface area contributed by atoms with E-state index in [0.29, 0.717) is 35.8 Å². The van der Waals surface area contributed by atoms with E-state index in [-0.39, 0.29) is 23.7 Å². The molecular formula is C26H29ClN6O2S. The number of carbonyl (C=O) groups is 2. The summed E-state index contributed by atoms with van der Waals surface area (Å²) in [6, 6.07) is 16.9. The minimum absolute atomic E-state index is 0.0336. The summed E-state index contributed by atoms with van der Waals surface area (Å²) in [7, 11) is 0. The third-order valence-corrected chi connectivity index (χ3v) is 6.85. The van der Waals surface area contributed by atoms with Crippen LogP contribution in [-0.4, -0.2) is 58.2 Å². The normalized spacial score (nSPS) is 15.5. The molecular weight excluding hydrogens is 496 g/mol. The van der Waals surface area contributed by atoms with Gasteiger partial charge in [0.2, 0.25) is 5.91 Å². The number of piperazine rings is 1. The summed E-state index contributed by atoms with van der Waals surface area (Å²) >= 11 is 7.51. The summed E-state index contributed by atoms with van der Waals surface area (Å²) in [4.78, 5) is 38.0. The molecule has 10 heteroatoms. The molecule has 0 saturated carbocycles. The molecule has 1 aliphatic rings. The van der Waals surface area contributed by atoms with Crippen molar-refractivity contribution in [2.24, 2.45) is 0 Å². The van der Waals surface area contributed by atoms with Crippen molar-refractivity contribution in [1.82, 2.24) is 14.9 Å². The van der Waals surface area contributed by atoms with E-state index in [9.17, 15) is 9.59 Å². The third kappa shape index (κ3) is 6.89. The number of urea groups is 1. The average Bonchev–Trinajstić information content (AvgIpc) is 2.84. The molecule has 1 fully saturated rings. The molecule has 3 aromatic rings. The maximum atomic E-state index is 12.8. The van der Waals surface area contributed by atoms with E-state index in [1.165, 1.54) is 11.8 Å². The summed E-state index contributed by atoms with van der Waals surface area (Å²) in [5, 5.41) is 6.60. The van der Waals surface area contributed by atoms with E-state index in [1.807, 2.05) is 74.2 Å². The molecule has 1 aliphatic heterocycles. The Bertz CT molecular complexity index is 1240. The lowest BCUT2D eigenvalue weighted by Crippen LogP contribution is -2.55. The minimum Gasteiger partial charge on any atom is -0.353 e. The molecule has 1 saturated heterocycles. The highest BCUT2D eigenvalue weighted by molar-refractivity contribution is 7.99. The molecule has 0 unspecified atom stereocenters. The first kappa shape index (κ1) is 25.8. The van der Waals surface area contributed by atoms with Crippen LogP contribution in [0.3, 0.4) is 0 Å². The summed E-state index contributed by atoms with van der Waals surface area (Å²) < 4.78 is 0. The Balaban J connectivity index is 1.34. The van der Waals surface area contributed by atoms with Crippen LogP contribution < -0.4 is 15.5 Å². The van der Waals surface area contributed by atoms with Crippen LogP contribution in [0.5, 0.6) is 0 Å². The molecule has 36 heavy (non-hydrogen) atoms. The monoisotopic (exact) mass is 524 g/mol. The lowest BCUT2D eigenvalue weighted by atomic mass is 10.2. The minimum atomic E-state index is -0.143. The van der Waals surface area contributed by atoms with Gasteiger partial charge in [0.05, 0.1) is 5.75 Å². The Morgan fingerprint density at radius 2 is 1.78 bits per heavy atom. The molecule has 8 nitrogen and oxygen atoms in total. The first-order chi connectivity index (χ1) is 17.3. The zero-order valence-corrected chi connectivity index (χ0v) is 22.1. The number of amides is 3. The molecule has 0 radical (unpaired) electrons. The van der Waals surface area contributed by atoms with Crippen molar-refractivity contribution in [1.29, 1.82) is 0 Å². The van der Waals surface area contributed by atoms with Crippen LogP contribution in [0.15, 0.2) is 59.8 Å². The molecule has 2 N–H and O–H groups in total. The number of nitrogens with one attached hydrogen (secondary N) is 2. The number of anilines is 3. The number of benzene rings is 2. The number of rotatable bonds is 6. The second kappa shape index (κ2) is 11.6. The maximum Gasteiger partial charge on any atom is 0.322 e. The third-order valence-electron chi connectivity index (χ3n) is 5.81. The van der Waals surface area contributed by atoms with Crippen LogP contribution in [0.1, 0.15) is 18.1 Å². The van der Waals surface area contributed by atoms with Crippen molar-refractivity contribution in [2.75, 3.05) is 40.9 Å². The van der Waals surface area contributed by atoms with E-state index in [1.54, 1.807) is 6.07 Å². The van der Waals surface area contributed by atoms with Crippen LogP contribution in [0, 0.1) is 13.8 Å². The van der Waals surface area contributed by atoms with Gasteiger partial charge >= 0.3 is 6.03 Å². The van der Waals surface area contributed by atoms with E-state index >= 15 is 0 Å². The Morgan fingerprint density at radius 3 is 2.50 bits per heavy atom. The molecule has 188 valence electrons. The molecule has 0 bridgehead atoms. The van der Waals surface area contributed by atoms with Crippen molar-refractivity contribution in [3.63, 3.8) is 0 Å². The molecule has 2 aromatic carbocycles. The zero-order chi connectivity index (χ0) is 25.7. The molecule has 3 amide bonds. The van der Waals surface area contributed by atoms with Gasteiger partial charge in [0, 0.05) is 43.1 Å². The molecule has 0 spiro atoms. The molecule has 1 aromatic heterocycles. The lowest BCUT2D eigenvalue weighted by Gasteiger charge is -2.40. The fourth-order valence-electron chi connectivity index (χ4n) is 3.96. The van der Waals surface area contributed by atoms with Crippen LogP contribution in [0.25, 0.3) is 0 Å². The van der Waals surface area contributed by atoms with Crippen molar-refractivity contribution in [2.45, 2.75) is 32.0 Å². The standard InChI is InChI=1S/C26H29ClN6O2S/c1-17-7-9-20(10-8-17)28-24(34)16-36-25-30-22(27)14-23(31-25)32-11-12-33(19(3)15-32)26(35)29-21-6-4-5-18(2)13-21/h4-10,13-14,19H,11-12,15-16H2,1-3H3,(H,28,34)(H,29,35)/t19-/m1/s1. The number of halogens is 1. The van der Waals surface area contributed by atoms with Crippen molar-refractivity contribution >= 4 is 52.5 Å². The number of thioether (sulfide) groups is 1. The summed E-state index contributed by atoms with van der Waals surface area (Å²) in [5.74, 6) is 0.703. The van der Waals surface area contributed by atoms with Crippen LogP contribution in [0.4, 0.5) is 22.0 Å². The highest BCUT2D eigenvalue weighted by Crippen LogP contribution is 2.25. The topological polar surface area (TPSA) is 90.5 Å². The number of nitrogens with zero attached hydrogens (tertiary/aromatic N) is 4. The Kier molecular flexibility index (Phi) is 8.32. The van der Waals surface area contributed by atoms with Gasteiger partial charge in [-0.2, -0.15) is 0 Å². The van der Waals surface area contributed by atoms with Gasteiger partial charge in [0.1, 0.15) is 11.0 Å². The zero-order valence-electron chi connectivity index (χ0n) is 20.5. The number of aromatic nitrogens is 2. The van der Waals surface area contributed by atoms with Crippen LogP contribution in [0.2, 0.25) is 5.15 Å². The lowest BCUT2D eigenvalue weighted by molar-refractivity contribution is -0.113.